The maximum absolute atomic E-state index is 11.4. The SMILES string of the molecule is CCC(=O)c1cnn(CC2CCCCO2)c1. The van der Waals surface area contributed by atoms with Crippen LogP contribution in [-0.4, -0.2) is 28.3 Å². The van der Waals surface area contributed by atoms with E-state index in [2.05, 4.69) is 5.10 Å². The van der Waals surface area contributed by atoms with Gasteiger partial charge in [0.25, 0.3) is 0 Å². The van der Waals surface area contributed by atoms with Crippen LogP contribution in [0.5, 0.6) is 0 Å². The van der Waals surface area contributed by atoms with Crippen molar-refractivity contribution in [1.82, 2.24) is 9.78 Å². The fourth-order valence-electron chi connectivity index (χ4n) is 1.97. The van der Waals surface area contributed by atoms with Crippen LogP contribution < -0.4 is 0 Å². The third-order valence-electron chi connectivity index (χ3n) is 2.94. The number of hydrogen-bond donors (Lipinski definition) is 0. The molecular weight excluding hydrogens is 204 g/mol. The van der Waals surface area contributed by atoms with Crippen molar-refractivity contribution in [1.29, 1.82) is 0 Å². The van der Waals surface area contributed by atoms with E-state index in [1.165, 1.54) is 6.42 Å². The summed E-state index contributed by atoms with van der Waals surface area (Å²) >= 11 is 0. The second kappa shape index (κ2) is 5.25. The van der Waals surface area contributed by atoms with Gasteiger partial charge in [0.15, 0.2) is 5.78 Å². The predicted octanol–water partition coefficient (Wildman–Crippen LogP) is 2.04. The third kappa shape index (κ3) is 2.70. The number of ether oxygens (including phenoxy) is 1. The van der Waals surface area contributed by atoms with Gasteiger partial charge in [-0.15, -0.1) is 0 Å². The fourth-order valence-corrected chi connectivity index (χ4v) is 1.97. The van der Waals surface area contributed by atoms with Crippen LogP contribution in [0.15, 0.2) is 12.4 Å². The molecule has 1 aromatic heterocycles. The van der Waals surface area contributed by atoms with Crippen molar-refractivity contribution in [3.05, 3.63) is 18.0 Å². The van der Waals surface area contributed by atoms with Gasteiger partial charge in [-0.3, -0.25) is 9.48 Å². The number of aromatic nitrogens is 2. The summed E-state index contributed by atoms with van der Waals surface area (Å²) < 4.78 is 7.45. The summed E-state index contributed by atoms with van der Waals surface area (Å²) in [6.07, 6.45) is 7.75. The Morgan fingerprint density at radius 3 is 3.19 bits per heavy atom. The summed E-state index contributed by atoms with van der Waals surface area (Å²) in [6, 6.07) is 0. The maximum atomic E-state index is 11.4. The Balaban J connectivity index is 1.94. The molecule has 0 bridgehead atoms. The highest BCUT2D eigenvalue weighted by atomic mass is 16.5. The van der Waals surface area contributed by atoms with Crippen LogP contribution in [0.25, 0.3) is 0 Å². The molecule has 1 fully saturated rings. The second-order valence-electron chi connectivity index (χ2n) is 4.22. The zero-order valence-corrected chi connectivity index (χ0v) is 9.69. The molecule has 4 nitrogen and oxygen atoms in total. The molecule has 2 rings (SSSR count). The number of ketones is 1. The van der Waals surface area contributed by atoms with Crippen molar-refractivity contribution < 1.29 is 9.53 Å². The van der Waals surface area contributed by atoms with Crippen LogP contribution >= 0.6 is 0 Å². The van der Waals surface area contributed by atoms with Crippen LogP contribution in [0.4, 0.5) is 0 Å². The highest BCUT2D eigenvalue weighted by molar-refractivity contribution is 5.95. The minimum atomic E-state index is 0.149. The van der Waals surface area contributed by atoms with E-state index in [9.17, 15) is 4.79 Å². The van der Waals surface area contributed by atoms with Crippen LogP contribution in [-0.2, 0) is 11.3 Å². The van der Waals surface area contributed by atoms with Crippen LogP contribution in [0.3, 0.4) is 0 Å². The highest BCUT2D eigenvalue weighted by Gasteiger charge is 2.15. The van der Waals surface area contributed by atoms with Gasteiger partial charge in [-0.1, -0.05) is 6.92 Å². The average molecular weight is 222 g/mol. The van der Waals surface area contributed by atoms with Crippen molar-refractivity contribution in [3.63, 3.8) is 0 Å². The Morgan fingerprint density at radius 2 is 2.50 bits per heavy atom. The molecule has 0 amide bonds. The Labute approximate surface area is 95.6 Å². The lowest BCUT2D eigenvalue weighted by molar-refractivity contribution is 0.00398. The molecule has 0 spiro atoms. The van der Waals surface area contributed by atoms with Gasteiger partial charge in [0.1, 0.15) is 0 Å². The molecule has 88 valence electrons. The lowest BCUT2D eigenvalue weighted by Gasteiger charge is -2.22. The lowest BCUT2D eigenvalue weighted by Crippen LogP contribution is -2.24. The van der Waals surface area contributed by atoms with Gasteiger partial charge in [0.05, 0.1) is 24.4 Å². The number of rotatable bonds is 4. The molecular formula is C12H18N2O2. The van der Waals surface area contributed by atoms with Gasteiger partial charge >= 0.3 is 0 Å². The van der Waals surface area contributed by atoms with Gasteiger partial charge in [-0.25, -0.2) is 0 Å². The molecule has 0 saturated carbocycles. The number of hydrogen-bond acceptors (Lipinski definition) is 3. The molecule has 0 N–H and O–H groups in total. The van der Waals surface area contributed by atoms with E-state index >= 15 is 0 Å². The lowest BCUT2D eigenvalue weighted by atomic mass is 10.1. The van der Waals surface area contributed by atoms with E-state index < -0.39 is 0 Å². The van der Waals surface area contributed by atoms with E-state index in [-0.39, 0.29) is 11.9 Å². The van der Waals surface area contributed by atoms with E-state index in [0.717, 1.165) is 26.0 Å². The molecule has 4 heteroatoms. The van der Waals surface area contributed by atoms with E-state index in [1.807, 2.05) is 17.8 Å². The molecule has 1 aliphatic rings. The minimum absolute atomic E-state index is 0.149. The number of Topliss-reactive ketones (excluding diaryl/α,β-unsaturated/α-hetero) is 1. The molecule has 1 atom stereocenters. The Kier molecular flexibility index (Phi) is 3.72. The largest absolute Gasteiger partial charge is 0.376 e. The van der Waals surface area contributed by atoms with E-state index in [4.69, 9.17) is 4.74 Å². The smallest absolute Gasteiger partial charge is 0.165 e. The zero-order valence-electron chi connectivity index (χ0n) is 9.69. The first kappa shape index (κ1) is 11.3. The first-order valence-corrected chi connectivity index (χ1v) is 5.97. The molecule has 1 aromatic rings. The molecule has 2 heterocycles. The van der Waals surface area contributed by atoms with Gasteiger partial charge in [-0.2, -0.15) is 5.10 Å². The second-order valence-corrected chi connectivity index (χ2v) is 4.22. The Hall–Kier alpha value is -1.16. The molecule has 1 saturated heterocycles. The summed E-state index contributed by atoms with van der Waals surface area (Å²) in [4.78, 5) is 11.4. The molecule has 0 aromatic carbocycles. The Bertz CT molecular complexity index is 354. The van der Waals surface area contributed by atoms with Crippen molar-refractivity contribution in [2.75, 3.05) is 6.61 Å². The third-order valence-corrected chi connectivity index (χ3v) is 2.94. The van der Waals surface area contributed by atoms with E-state index in [0.29, 0.717) is 12.0 Å². The van der Waals surface area contributed by atoms with Crippen LogP contribution in [0, 0.1) is 0 Å². The molecule has 1 aliphatic heterocycles. The molecule has 0 radical (unpaired) electrons. The van der Waals surface area contributed by atoms with Crippen molar-refractivity contribution in [2.45, 2.75) is 45.3 Å². The van der Waals surface area contributed by atoms with Gasteiger partial charge in [-0.05, 0) is 19.3 Å². The van der Waals surface area contributed by atoms with Crippen LogP contribution in [0.2, 0.25) is 0 Å². The summed E-state index contributed by atoms with van der Waals surface area (Å²) in [5, 5.41) is 4.20. The highest BCUT2D eigenvalue weighted by Crippen LogP contribution is 2.14. The standard InChI is InChI=1S/C12H18N2O2/c1-2-12(15)10-7-13-14(8-10)9-11-5-3-4-6-16-11/h7-8,11H,2-6,9H2,1H3. The number of nitrogens with zero attached hydrogens (tertiary/aromatic N) is 2. The Morgan fingerprint density at radius 1 is 1.62 bits per heavy atom. The van der Waals surface area contributed by atoms with Gasteiger partial charge in [0.2, 0.25) is 0 Å². The van der Waals surface area contributed by atoms with Crippen LogP contribution in [0.1, 0.15) is 43.0 Å². The predicted molar refractivity (Wildman–Crippen MR) is 60.4 cm³/mol. The summed E-state index contributed by atoms with van der Waals surface area (Å²) in [5.74, 6) is 0.149. The van der Waals surface area contributed by atoms with Gasteiger partial charge in [0, 0.05) is 19.2 Å². The zero-order chi connectivity index (χ0) is 11.4. The summed E-state index contributed by atoms with van der Waals surface area (Å²) in [5.41, 5.74) is 0.707. The van der Waals surface area contributed by atoms with Crippen molar-refractivity contribution in [2.24, 2.45) is 0 Å². The number of carbonyl (C=O) groups excluding carboxylic acids is 1. The summed E-state index contributed by atoms with van der Waals surface area (Å²) in [6.45, 7) is 3.48. The minimum Gasteiger partial charge on any atom is -0.376 e. The first-order chi connectivity index (χ1) is 7.79. The normalized spacial score (nSPS) is 20.9. The summed E-state index contributed by atoms with van der Waals surface area (Å²) in [7, 11) is 0. The first-order valence-electron chi connectivity index (χ1n) is 5.97. The topological polar surface area (TPSA) is 44.1 Å². The van der Waals surface area contributed by atoms with Crippen molar-refractivity contribution >= 4 is 5.78 Å². The van der Waals surface area contributed by atoms with E-state index in [1.54, 1.807) is 6.20 Å². The number of carbonyl (C=O) groups is 1. The quantitative estimate of drug-likeness (QED) is 0.732. The monoisotopic (exact) mass is 222 g/mol. The molecule has 0 aliphatic carbocycles. The fraction of sp³-hybridized carbons (Fsp3) is 0.667. The average Bonchev–Trinajstić information content (AvgIpc) is 2.78. The molecule has 16 heavy (non-hydrogen) atoms. The van der Waals surface area contributed by atoms with Gasteiger partial charge < -0.3 is 4.74 Å². The van der Waals surface area contributed by atoms with Crippen molar-refractivity contribution in [3.8, 4) is 0 Å². The molecule has 1 unspecified atom stereocenters. The maximum Gasteiger partial charge on any atom is 0.165 e.